The zero-order valence-electron chi connectivity index (χ0n) is 9.66. The maximum Gasteiger partial charge on any atom is 0.138 e. The molecule has 2 N–H and O–H groups in total. The maximum absolute atomic E-state index is 5.80. The molecular formula is C11H19N3S. The van der Waals surface area contributed by atoms with Crippen molar-refractivity contribution in [2.75, 3.05) is 5.75 Å². The lowest BCUT2D eigenvalue weighted by Crippen LogP contribution is -2.10. The fraction of sp³-hybridized carbons (Fsp3) is 0.636. The van der Waals surface area contributed by atoms with E-state index in [2.05, 4.69) is 16.9 Å². The van der Waals surface area contributed by atoms with Crippen molar-refractivity contribution >= 4 is 11.8 Å². The van der Waals surface area contributed by atoms with Crippen LogP contribution in [0, 0.1) is 6.92 Å². The van der Waals surface area contributed by atoms with Gasteiger partial charge in [-0.15, -0.1) is 0 Å². The van der Waals surface area contributed by atoms with Gasteiger partial charge in [-0.3, -0.25) is 0 Å². The van der Waals surface area contributed by atoms with Crippen molar-refractivity contribution in [2.45, 2.75) is 39.0 Å². The van der Waals surface area contributed by atoms with Crippen molar-refractivity contribution in [3.8, 4) is 0 Å². The number of nitrogens with zero attached hydrogens (tertiary/aromatic N) is 2. The smallest absolute Gasteiger partial charge is 0.138 e. The van der Waals surface area contributed by atoms with Crippen LogP contribution >= 0.6 is 11.8 Å². The van der Waals surface area contributed by atoms with Crippen LogP contribution < -0.4 is 5.73 Å². The van der Waals surface area contributed by atoms with Crippen molar-refractivity contribution in [2.24, 2.45) is 5.73 Å². The van der Waals surface area contributed by atoms with Crippen molar-refractivity contribution in [3.63, 3.8) is 0 Å². The van der Waals surface area contributed by atoms with Gasteiger partial charge in [-0.25, -0.2) is 9.97 Å². The van der Waals surface area contributed by atoms with Crippen LogP contribution in [0.4, 0.5) is 0 Å². The van der Waals surface area contributed by atoms with Crippen molar-refractivity contribution in [3.05, 3.63) is 23.3 Å². The maximum atomic E-state index is 5.80. The summed E-state index contributed by atoms with van der Waals surface area (Å²) in [6.07, 6.45) is 3.05. The highest BCUT2D eigenvalue weighted by atomic mass is 32.2. The molecule has 0 aliphatic rings. The summed E-state index contributed by atoms with van der Waals surface area (Å²) in [4.78, 5) is 8.77. The minimum absolute atomic E-state index is 0.0161. The van der Waals surface area contributed by atoms with Crippen LogP contribution in [0.3, 0.4) is 0 Å². The van der Waals surface area contributed by atoms with Crippen LogP contribution in [0.5, 0.6) is 0 Å². The zero-order valence-corrected chi connectivity index (χ0v) is 10.5. The van der Waals surface area contributed by atoms with Gasteiger partial charge in [0.05, 0.1) is 5.75 Å². The lowest BCUT2D eigenvalue weighted by atomic mass is 10.1. The Kier molecular flexibility index (Phi) is 5.05. The largest absolute Gasteiger partial charge is 0.324 e. The third-order valence-electron chi connectivity index (χ3n) is 2.14. The number of aryl methyl sites for hydroxylation is 1. The summed E-state index contributed by atoms with van der Waals surface area (Å²) in [6.45, 7) is 6.13. The van der Waals surface area contributed by atoms with E-state index in [4.69, 9.17) is 5.73 Å². The fourth-order valence-electron chi connectivity index (χ4n) is 1.35. The van der Waals surface area contributed by atoms with E-state index in [9.17, 15) is 0 Å². The van der Waals surface area contributed by atoms with E-state index in [-0.39, 0.29) is 6.04 Å². The Bertz CT molecular complexity index is 313. The number of aromatic nitrogens is 2. The minimum Gasteiger partial charge on any atom is -0.324 e. The quantitative estimate of drug-likeness (QED) is 0.782. The van der Waals surface area contributed by atoms with Gasteiger partial charge < -0.3 is 5.73 Å². The monoisotopic (exact) mass is 225 g/mol. The fourth-order valence-corrected chi connectivity index (χ4v) is 2.10. The van der Waals surface area contributed by atoms with E-state index in [0.717, 1.165) is 28.6 Å². The molecule has 1 unspecified atom stereocenters. The van der Waals surface area contributed by atoms with Gasteiger partial charge in [-0.05, 0) is 26.0 Å². The van der Waals surface area contributed by atoms with E-state index in [1.54, 1.807) is 0 Å². The molecule has 0 saturated carbocycles. The number of nitrogens with two attached hydrogens (primary N) is 1. The van der Waals surface area contributed by atoms with Crippen LogP contribution in [-0.4, -0.2) is 15.7 Å². The number of thioether (sulfide) groups is 1. The predicted molar refractivity (Wildman–Crippen MR) is 65.8 cm³/mol. The SMILES string of the molecule is CCCSCc1ncc(C(C)N)c(C)n1. The van der Waals surface area contributed by atoms with E-state index >= 15 is 0 Å². The van der Waals surface area contributed by atoms with Gasteiger partial charge in [0, 0.05) is 23.5 Å². The molecule has 0 aliphatic heterocycles. The summed E-state index contributed by atoms with van der Waals surface area (Å²) in [7, 11) is 0. The number of hydrogen-bond acceptors (Lipinski definition) is 4. The molecule has 1 aromatic rings. The molecule has 0 aliphatic carbocycles. The molecule has 0 amide bonds. The second-order valence-corrected chi connectivity index (χ2v) is 4.77. The number of rotatable bonds is 5. The first-order chi connectivity index (χ1) is 7.15. The molecule has 15 heavy (non-hydrogen) atoms. The lowest BCUT2D eigenvalue weighted by molar-refractivity contribution is 0.781. The Hall–Kier alpha value is -0.610. The van der Waals surface area contributed by atoms with Gasteiger partial charge in [0.15, 0.2) is 0 Å². The lowest BCUT2D eigenvalue weighted by Gasteiger charge is -2.09. The van der Waals surface area contributed by atoms with Gasteiger partial charge in [0.2, 0.25) is 0 Å². The van der Waals surface area contributed by atoms with E-state index < -0.39 is 0 Å². The van der Waals surface area contributed by atoms with Crippen LogP contribution in [-0.2, 0) is 5.75 Å². The molecule has 0 saturated heterocycles. The summed E-state index contributed by atoms with van der Waals surface area (Å²) in [5.41, 5.74) is 7.85. The van der Waals surface area contributed by atoms with Crippen LogP contribution in [0.15, 0.2) is 6.20 Å². The molecule has 84 valence electrons. The van der Waals surface area contributed by atoms with Crippen molar-refractivity contribution in [1.29, 1.82) is 0 Å². The molecule has 3 nitrogen and oxygen atoms in total. The first kappa shape index (κ1) is 12.5. The highest BCUT2D eigenvalue weighted by molar-refractivity contribution is 7.98. The summed E-state index contributed by atoms with van der Waals surface area (Å²) >= 11 is 1.87. The average Bonchev–Trinajstić information content (AvgIpc) is 2.17. The average molecular weight is 225 g/mol. The third kappa shape index (κ3) is 3.80. The first-order valence-corrected chi connectivity index (χ1v) is 6.46. The third-order valence-corrected chi connectivity index (χ3v) is 3.30. The van der Waals surface area contributed by atoms with Crippen molar-refractivity contribution < 1.29 is 0 Å². The second kappa shape index (κ2) is 6.08. The zero-order chi connectivity index (χ0) is 11.3. The van der Waals surface area contributed by atoms with Gasteiger partial charge in [0.25, 0.3) is 0 Å². The van der Waals surface area contributed by atoms with Crippen LogP contribution in [0.2, 0.25) is 0 Å². The standard InChI is InChI=1S/C11H19N3S/c1-4-5-15-7-11-13-6-10(8(2)12)9(3)14-11/h6,8H,4-5,7,12H2,1-3H3. The molecular weight excluding hydrogens is 206 g/mol. The Morgan fingerprint density at radius 2 is 2.27 bits per heavy atom. The summed E-state index contributed by atoms with van der Waals surface area (Å²) in [5, 5.41) is 0. The van der Waals surface area contributed by atoms with Gasteiger partial charge in [-0.2, -0.15) is 11.8 Å². The molecule has 0 radical (unpaired) electrons. The summed E-state index contributed by atoms with van der Waals surface area (Å²) in [6, 6.07) is 0.0161. The molecule has 0 spiro atoms. The Morgan fingerprint density at radius 3 is 2.80 bits per heavy atom. The Balaban J connectivity index is 2.65. The molecule has 1 atom stereocenters. The molecule has 0 bridgehead atoms. The molecule has 1 rings (SSSR count). The molecule has 0 aromatic carbocycles. The highest BCUT2D eigenvalue weighted by Gasteiger charge is 2.06. The molecule has 0 fully saturated rings. The summed E-state index contributed by atoms with van der Waals surface area (Å²) in [5.74, 6) is 2.97. The van der Waals surface area contributed by atoms with Crippen LogP contribution in [0.1, 0.15) is 43.4 Å². The summed E-state index contributed by atoms with van der Waals surface area (Å²) < 4.78 is 0. The molecule has 4 heteroatoms. The Labute approximate surface area is 95.9 Å². The van der Waals surface area contributed by atoms with Gasteiger partial charge >= 0.3 is 0 Å². The number of hydrogen-bond donors (Lipinski definition) is 1. The van der Waals surface area contributed by atoms with Crippen molar-refractivity contribution in [1.82, 2.24) is 9.97 Å². The molecule has 1 aromatic heterocycles. The Morgan fingerprint density at radius 1 is 1.53 bits per heavy atom. The first-order valence-electron chi connectivity index (χ1n) is 5.31. The van der Waals surface area contributed by atoms with E-state index in [1.807, 2.05) is 31.8 Å². The minimum atomic E-state index is 0.0161. The van der Waals surface area contributed by atoms with Gasteiger partial charge in [-0.1, -0.05) is 6.92 Å². The highest BCUT2D eigenvalue weighted by Crippen LogP contribution is 2.14. The van der Waals surface area contributed by atoms with E-state index in [0.29, 0.717) is 0 Å². The topological polar surface area (TPSA) is 51.8 Å². The molecule has 1 heterocycles. The van der Waals surface area contributed by atoms with Gasteiger partial charge in [0.1, 0.15) is 5.82 Å². The second-order valence-electron chi connectivity index (χ2n) is 3.67. The van der Waals surface area contributed by atoms with E-state index in [1.165, 1.54) is 6.42 Å². The normalized spacial score (nSPS) is 12.8. The predicted octanol–water partition coefficient (Wildman–Crippen LogP) is 2.45. The van der Waals surface area contributed by atoms with Crippen LogP contribution in [0.25, 0.3) is 0 Å².